The molecule has 0 spiro atoms. The molecule has 0 saturated carbocycles. The summed E-state index contributed by atoms with van der Waals surface area (Å²) in [5.41, 5.74) is 2.82. The summed E-state index contributed by atoms with van der Waals surface area (Å²) >= 11 is 8.76. The van der Waals surface area contributed by atoms with Crippen LogP contribution in [0.4, 0.5) is 0 Å². The molecule has 1 N–H and O–H groups in total. The number of nitrogens with zero attached hydrogens (tertiary/aromatic N) is 2. The lowest BCUT2D eigenvalue weighted by Gasteiger charge is -2.06. The Morgan fingerprint density at radius 3 is 2.90 bits per heavy atom. The van der Waals surface area contributed by atoms with Gasteiger partial charge in [0.15, 0.2) is 0 Å². The van der Waals surface area contributed by atoms with Crippen LogP contribution in [0.1, 0.15) is 17.0 Å². The van der Waals surface area contributed by atoms with Crippen LogP contribution >= 0.6 is 35.1 Å². The average molecular weight is 328 g/mol. The van der Waals surface area contributed by atoms with E-state index >= 15 is 0 Å². The number of rotatable bonds is 6. The highest BCUT2D eigenvalue weighted by Crippen LogP contribution is 2.15. The number of aryl methyl sites for hydroxylation is 1. The molecule has 1 amide bonds. The normalized spacial score (nSPS) is 10.5. The Balaban J connectivity index is 1.71. The third-order valence-corrected chi connectivity index (χ3v) is 4.62. The minimum atomic E-state index is -0.00392. The van der Waals surface area contributed by atoms with Crippen LogP contribution in [0.5, 0.6) is 0 Å². The number of halogens is 1. The van der Waals surface area contributed by atoms with E-state index in [-0.39, 0.29) is 5.91 Å². The number of carbonyl (C=O) groups is 1. The molecule has 0 aliphatic carbocycles. The molecule has 0 radical (unpaired) electrons. The molecule has 0 aliphatic rings. The van der Waals surface area contributed by atoms with Crippen LogP contribution in [-0.4, -0.2) is 20.4 Å². The van der Waals surface area contributed by atoms with Crippen LogP contribution in [0.3, 0.4) is 0 Å². The second kappa shape index (κ2) is 7.61. The van der Waals surface area contributed by atoms with Crippen molar-refractivity contribution in [3.05, 3.63) is 46.2 Å². The van der Waals surface area contributed by atoms with Gasteiger partial charge < -0.3 is 5.32 Å². The van der Waals surface area contributed by atoms with Gasteiger partial charge in [-0.1, -0.05) is 29.8 Å². The number of aromatic nitrogens is 2. The molecule has 1 aromatic heterocycles. The van der Waals surface area contributed by atoms with Crippen molar-refractivity contribution in [2.45, 2.75) is 19.2 Å². The fourth-order valence-electron chi connectivity index (χ4n) is 1.51. The standard InChI is InChI=1S/C13H14ClN3OS2/c1-9-12(17-20-16-9)7-19-8-13(18)15-6-10-4-2-3-5-11(10)14/h2-5H,6-8H2,1H3,(H,15,18). The Bertz CT molecular complexity index is 589. The van der Waals surface area contributed by atoms with Crippen molar-refractivity contribution in [1.29, 1.82) is 0 Å². The second-order valence-electron chi connectivity index (χ2n) is 4.16. The van der Waals surface area contributed by atoms with Gasteiger partial charge in [-0.2, -0.15) is 8.75 Å². The second-order valence-corrected chi connectivity index (χ2v) is 6.08. The molecule has 0 unspecified atom stereocenters. The molecule has 1 heterocycles. The van der Waals surface area contributed by atoms with E-state index in [1.165, 1.54) is 23.5 Å². The Morgan fingerprint density at radius 2 is 2.20 bits per heavy atom. The van der Waals surface area contributed by atoms with Crippen LogP contribution in [-0.2, 0) is 17.1 Å². The number of hydrogen-bond acceptors (Lipinski definition) is 5. The van der Waals surface area contributed by atoms with E-state index in [1.54, 1.807) is 0 Å². The summed E-state index contributed by atoms with van der Waals surface area (Å²) in [5.74, 6) is 1.11. The molecule has 0 fully saturated rings. The molecule has 0 aliphatic heterocycles. The van der Waals surface area contributed by atoms with Crippen molar-refractivity contribution < 1.29 is 4.79 Å². The van der Waals surface area contributed by atoms with Gasteiger partial charge in [0.25, 0.3) is 0 Å². The van der Waals surface area contributed by atoms with Crippen LogP contribution in [0.2, 0.25) is 5.02 Å². The first kappa shape index (κ1) is 15.3. The summed E-state index contributed by atoms with van der Waals surface area (Å²) in [6.45, 7) is 2.38. The summed E-state index contributed by atoms with van der Waals surface area (Å²) in [7, 11) is 0. The van der Waals surface area contributed by atoms with Gasteiger partial charge in [-0.05, 0) is 18.6 Å². The maximum Gasteiger partial charge on any atom is 0.230 e. The van der Waals surface area contributed by atoms with Crippen LogP contribution < -0.4 is 5.32 Å². The Hall–Kier alpha value is -1.11. The molecule has 20 heavy (non-hydrogen) atoms. The van der Waals surface area contributed by atoms with E-state index in [2.05, 4.69) is 14.1 Å². The molecule has 4 nitrogen and oxygen atoms in total. The number of hydrogen-bond donors (Lipinski definition) is 1. The SMILES string of the molecule is Cc1nsnc1CSCC(=O)NCc1ccccc1Cl. The minimum absolute atomic E-state index is 0.00392. The zero-order valence-electron chi connectivity index (χ0n) is 10.9. The van der Waals surface area contributed by atoms with Crippen molar-refractivity contribution >= 4 is 41.0 Å². The molecule has 0 bridgehead atoms. The molecule has 106 valence electrons. The quantitative estimate of drug-likeness (QED) is 0.886. The summed E-state index contributed by atoms with van der Waals surface area (Å²) in [5, 5.41) is 3.53. The van der Waals surface area contributed by atoms with Crippen LogP contribution in [0.25, 0.3) is 0 Å². The van der Waals surface area contributed by atoms with Crippen molar-refractivity contribution in [2.75, 3.05) is 5.75 Å². The van der Waals surface area contributed by atoms with Crippen molar-refractivity contribution in [2.24, 2.45) is 0 Å². The van der Waals surface area contributed by atoms with E-state index in [0.29, 0.717) is 23.1 Å². The maximum atomic E-state index is 11.7. The molecule has 0 saturated heterocycles. The predicted octanol–water partition coefficient (Wildman–Crippen LogP) is 3.05. The van der Waals surface area contributed by atoms with Crippen molar-refractivity contribution in [3.8, 4) is 0 Å². The van der Waals surface area contributed by atoms with Gasteiger partial charge in [0.05, 0.1) is 28.9 Å². The number of benzene rings is 1. The fourth-order valence-corrected chi connectivity index (χ4v) is 3.21. The third-order valence-electron chi connectivity index (χ3n) is 2.65. The average Bonchev–Trinajstić information content (AvgIpc) is 2.84. The van der Waals surface area contributed by atoms with Gasteiger partial charge in [0.2, 0.25) is 5.91 Å². The highest BCUT2D eigenvalue weighted by Gasteiger charge is 2.07. The highest BCUT2D eigenvalue weighted by molar-refractivity contribution is 7.99. The molecular formula is C13H14ClN3OS2. The van der Waals surface area contributed by atoms with E-state index < -0.39 is 0 Å². The lowest BCUT2D eigenvalue weighted by molar-refractivity contribution is -0.118. The topological polar surface area (TPSA) is 54.9 Å². The summed E-state index contributed by atoms with van der Waals surface area (Å²) in [4.78, 5) is 11.7. The van der Waals surface area contributed by atoms with Gasteiger partial charge in [0, 0.05) is 17.3 Å². The monoisotopic (exact) mass is 327 g/mol. The van der Waals surface area contributed by atoms with Crippen molar-refractivity contribution in [1.82, 2.24) is 14.1 Å². The highest BCUT2D eigenvalue weighted by atomic mass is 35.5. The van der Waals surface area contributed by atoms with Gasteiger partial charge in [-0.3, -0.25) is 4.79 Å². The summed E-state index contributed by atoms with van der Waals surface area (Å²) in [6, 6.07) is 7.49. The van der Waals surface area contributed by atoms with Gasteiger partial charge in [-0.25, -0.2) is 0 Å². The first-order valence-corrected chi connectivity index (χ1v) is 8.29. The summed E-state index contributed by atoms with van der Waals surface area (Å²) < 4.78 is 8.28. The van der Waals surface area contributed by atoms with E-state index in [1.807, 2.05) is 31.2 Å². The fraction of sp³-hybridized carbons (Fsp3) is 0.308. The lowest BCUT2D eigenvalue weighted by atomic mass is 10.2. The number of nitrogens with one attached hydrogen (secondary N) is 1. The summed E-state index contributed by atoms with van der Waals surface area (Å²) in [6.07, 6.45) is 0. The Labute approximate surface area is 131 Å². The van der Waals surface area contributed by atoms with Crippen molar-refractivity contribution in [3.63, 3.8) is 0 Å². The van der Waals surface area contributed by atoms with Gasteiger partial charge in [0.1, 0.15) is 0 Å². The number of carbonyl (C=O) groups excluding carboxylic acids is 1. The maximum absolute atomic E-state index is 11.7. The first-order valence-electron chi connectivity index (χ1n) is 6.02. The van der Waals surface area contributed by atoms with E-state index in [4.69, 9.17) is 11.6 Å². The van der Waals surface area contributed by atoms with Gasteiger partial charge >= 0.3 is 0 Å². The van der Waals surface area contributed by atoms with Crippen LogP contribution in [0, 0.1) is 6.92 Å². The molecule has 1 aromatic carbocycles. The molecule has 0 atom stereocenters. The van der Waals surface area contributed by atoms with E-state index in [0.717, 1.165) is 17.0 Å². The van der Waals surface area contributed by atoms with E-state index in [9.17, 15) is 4.79 Å². The zero-order valence-corrected chi connectivity index (χ0v) is 13.3. The molecule has 2 rings (SSSR count). The van der Waals surface area contributed by atoms with Crippen LogP contribution in [0.15, 0.2) is 24.3 Å². The molecular weight excluding hydrogens is 314 g/mol. The molecule has 7 heteroatoms. The Kier molecular flexibility index (Phi) is 5.82. The minimum Gasteiger partial charge on any atom is -0.351 e. The smallest absolute Gasteiger partial charge is 0.230 e. The zero-order chi connectivity index (χ0) is 14.4. The van der Waals surface area contributed by atoms with Gasteiger partial charge in [-0.15, -0.1) is 11.8 Å². The lowest BCUT2D eigenvalue weighted by Crippen LogP contribution is -2.24. The Morgan fingerprint density at radius 1 is 1.40 bits per heavy atom. The molecule has 2 aromatic rings. The first-order chi connectivity index (χ1) is 9.66. The number of amides is 1. The predicted molar refractivity (Wildman–Crippen MR) is 84.1 cm³/mol. The number of thioether (sulfide) groups is 1. The third kappa shape index (κ3) is 4.47. The largest absolute Gasteiger partial charge is 0.351 e.